The Morgan fingerprint density at radius 3 is 2.12 bits per heavy atom. The lowest BCUT2D eigenvalue weighted by atomic mass is 10.3. The summed E-state index contributed by atoms with van der Waals surface area (Å²) in [6.07, 6.45) is -0.0266. The van der Waals surface area contributed by atoms with Crippen LogP contribution in [0, 0.1) is 3.57 Å². The molecule has 1 atom stereocenters. The average molecular weight is 453 g/mol. The van der Waals surface area contributed by atoms with E-state index in [1.807, 2.05) is 31.2 Å². The van der Waals surface area contributed by atoms with E-state index >= 15 is 0 Å². The van der Waals surface area contributed by atoms with Crippen LogP contribution in [0.4, 0.5) is 0 Å². The maximum Gasteiger partial charge on any atom is 0.374 e. The zero-order valence-electron chi connectivity index (χ0n) is 14.4. The van der Waals surface area contributed by atoms with Crippen molar-refractivity contribution in [2.45, 2.75) is 33.3 Å². The Morgan fingerprint density at radius 1 is 1.04 bits per heavy atom. The van der Waals surface area contributed by atoms with Crippen molar-refractivity contribution < 1.29 is 19.1 Å². The van der Waals surface area contributed by atoms with Gasteiger partial charge >= 0.3 is 5.97 Å². The third-order valence-corrected chi connectivity index (χ3v) is 4.04. The van der Waals surface area contributed by atoms with Gasteiger partial charge in [-0.15, -0.1) is 0 Å². The maximum atomic E-state index is 11.8. The van der Waals surface area contributed by atoms with Crippen LogP contribution in [0.2, 0.25) is 0 Å². The summed E-state index contributed by atoms with van der Waals surface area (Å²) in [5.41, 5.74) is 0.748. The molecule has 0 aromatic heterocycles. The Kier molecular flexibility index (Phi) is 7.24. The van der Waals surface area contributed by atoms with E-state index in [-0.39, 0.29) is 0 Å². The van der Waals surface area contributed by atoms with Crippen LogP contribution in [0.15, 0.2) is 53.7 Å². The summed E-state index contributed by atoms with van der Waals surface area (Å²) >= 11 is 2.24. The van der Waals surface area contributed by atoms with Gasteiger partial charge in [-0.2, -0.15) is 0 Å². The molecule has 0 N–H and O–H groups in total. The lowest BCUT2D eigenvalue weighted by molar-refractivity contribution is -0.151. The second-order valence-electron chi connectivity index (χ2n) is 5.38. The van der Waals surface area contributed by atoms with E-state index in [1.165, 1.54) is 0 Å². The fourth-order valence-corrected chi connectivity index (χ4v) is 2.10. The number of benzene rings is 2. The highest BCUT2D eigenvalue weighted by molar-refractivity contribution is 14.1. The number of halogens is 1. The van der Waals surface area contributed by atoms with Gasteiger partial charge in [0.2, 0.25) is 0 Å². The largest absolute Gasteiger partial charge is 0.479 e. The third-order valence-electron chi connectivity index (χ3n) is 3.32. The quantitative estimate of drug-likeness (QED) is 0.251. The van der Waals surface area contributed by atoms with Gasteiger partial charge in [-0.1, -0.05) is 12.1 Å². The Morgan fingerprint density at radius 2 is 1.56 bits per heavy atom. The highest BCUT2D eigenvalue weighted by Gasteiger charge is 2.17. The van der Waals surface area contributed by atoms with Crippen molar-refractivity contribution in [1.82, 2.24) is 0 Å². The SMILES string of the molecule is CCC(C)=NOC(=O)C(C)Oc1ccc(Oc2ccc(I)cc2)cc1. The van der Waals surface area contributed by atoms with Gasteiger partial charge in [-0.25, -0.2) is 4.79 Å². The molecule has 5 nitrogen and oxygen atoms in total. The molecular formula is C19H20INO4. The van der Waals surface area contributed by atoms with Gasteiger partial charge in [-0.3, -0.25) is 0 Å². The molecule has 2 aromatic carbocycles. The summed E-state index contributed by atoms with van der Waals surface area (Å²) in [5, 5.41) is 3.74. The number of hydrogen-bond donors (Lipinski definition) is 0. The van der Waals surface area contributed by atoms with Crippen molar-refractivity contribution in [1.29, 1.82) is 0 Å². The molecule has 6 heteroatoms. The summed E-state index contributed by atoms with van der Waals surface area (Å²) in [4.78, 5) is 16.7. The van der Waals surface area contributed by atoms with E-state index < -0.39 is 12.1 Å². The average Bonchev–Trinajstić information content (AvgIpc) is 2.62. The number of nitrogens with zero attached hydrogens (tertiary/aromatic N) is 1. The number of ether oxygens (including phenoxy) is 2. The van der Waals surface area contributed by atoms with Crippen LogP contribution in [-0.2, 0) is 9.63 Å². The van der Waals surface area contributed by atoms with Crippen LogP contribution in [0.5, 0.6) is 17.2 Å². The molecule has 0 aliphatic heterocycles. The Balaban J connectivity index is 1.91. The predicted molar refractivity (Wildman–Crippen MR) is 105 cm³/mol. The van der Waals surface area contributed by atoms with Gasteiger partial charge in [0.05, 0.1) is 5.71 Å². The molecule has 0 amide bonds. The zero-order chi connectivity index (χ0) is 18.2. The first-order chi connectivity index (χ1) is 12.0. The summed E-state index contributed by atoms with van der Waals surface area (Å²) in [7, 11) is 0. The second-order valence-corrected chi connectivity index (χ2v) is 6.62. The number of oxime groups is 1. The zero-order valence-corrected chi connectivity index (χ0v) is 16.5. The molecule has 2 aromatic rings. The molecular weight excluding hydrogens is 433 g/mol. The minimum Gasteiger partial charge on any atom is -0.479 e. The molecule has 0 heterocycles. The first-order valence-corrected chi connectivity index (χ1v) is 9.00. The molecule has 132 valence electrons. The highest BCUT2D eigenvalue weighted by atomic mass is 127. The van der Waals surface area contributed by atoms with Crippen LogP contribution >= 0.6 is 22.6 Å². The Labute approximate surface area is 161 Å². The van der Waals surface area contributed by atoms with Crippen LogP contribution in [0.25, 0.3) is 0 Å². The second kappa shape index (κ2) is 9.41. The van der Waals surface area contributed by atoms with E-state index in [2.05, 4.69) is 27.7 Å². The highest BCUT2D eigenvalue weighted by Crippen LogP contribution is 2.25. The van der Waals surface area contributed by atoms with Gasteiger partial charge in [-0.05, 0) is 91.4 Å². The molecule has 0 fully saturated rings. The van der Waals surface area contributed by atoms with Gasteiger partial charge in [0.15, 0.2) is 6.10 Å². The molecule has 0 saturated heterocycles. The molecule has 0 saturated carbocycles. The van der Waals surface area contributed by atoms with E-state index in [0.717, 1.165) is 21.5 Å². The van der Waals surface area contributed by atoms with E-state index in [0.29, 0.717) is 11.5 Å². The first-order valence-electron chi connectivity index (χ1n) is 7.92. The number of rotatable bonds is 7. The third kappa shape index (κ3) is 6.38. The molecule has 0 aliphatic carbocycles. The lowest BCUT2D eigenvalue weighted by Crippen LogP contribution is -2.25. The van der Waals surface area contributed by atoms with Crippen LogP contribution in [0.3, 0.4) is 0 Å². The maximum absolute atomic E-state index is 11.8. The minimum absolute atomic E-state index is 0.535. The summed E-state index contributed by atoms with van der Waals surface area (Å²) in [5.74, 6) is 1.46. The summed E-state index contributed by atoms with van der Waals surface area (Å²) in [6.45, 7) is 5.35. The number of carbonyl (C=O) groups is 1. The topological polar surface area (TPSA) is 57.1 Å². The molecule has 0 radical (unpaired) electrons. The molecule has 1 unspecified atom stereocenters. The normalized spacial score (nSPS) is 12.4. The molecule has 0 spiro atoms. The van der Waals surface area contributed by atoms with E-state index in [9.17, 15) is 4.79 Å². The van der Waals surface area contributed by atoms with Crippen LogP contribution in [-0.4, -0.2) is 17.8 Å². The lowest BCUT2D eigenvalue weighted by Gasteiger charge is -2.12. The van der Waals surface area contributed by atoms with E-state index in [1.54, 1.807) is 38.1 Å². The van der Waals surface area contributed by atoms with Crippen molar-refractivity contribution in [3.8, 4) is 17.2 Å². The smallest absolute Gasteiger partial charge is 0.374 e. The van der Waals surface area contributed by atoms with Crippen molar-refractivity contribution in [2.75, 3.05) is 0 Å². The monoisotopic (exact) mass is 453 g/mol. The number of carbonyl (C=O) groups excluding carboxylic acids is 1. The van der Waals surface area contributed by atoms with Gasteiger partial charge in [0.1, 0.15) is 17.2 Å². The first kappa shape index (κ1) is 19.2. The van der Waals surface area contributed by atoms with Crippen LogP contribution in [0.1, 0.15) is 27.2 Å². The van der Waals surface area contributed by atoms with Crippen molar-refractivity contribution in [3.63, 3.8) is 0 Å². The summed E-state index contributed by atoms with van der Waals surface area (Å²) in [6, 6.07) is 14.8. The Bertz CT molecular complexity index is 726. The fraction of sp³-hybridized carbons (Fsp3) is 0.263. The van der Waals surface area contributed by atoms with E-state index in [4.69, 9.17) is 14.3 Å². The van der Waals surface area contributed by atoms with Crippen molar-refractivity contribution >= 4 is 34.3 Å². The molecule has 2 rings (SSSR count). The van der Waals surface area contributed by atoms with Crippen molar-refractivity contribution in [3.05, 3.63) is 52.1 Å². The molecule has 0 aliphatic rings. The standard InChI is InChI=1S/C19H20INO4/c1-4-13(2)21-25-19(22)14(3)23-16-9-11-18(12-10-16)24-17-7-5-15(20)6-8-17/h5-12,14H,4H2,1-3H3. The van der Waals surface area contributed by atoms with Gasteiger partial charge in [0, 0.05) is 3.57 Å². The molecule has 0 bridgehead atoms. The predicted octanol–water partition coefficient (Wildman–Crippen LogP) is 5.18. The number of hydrogen-bond acceptors (Lipinski definition) is 5. The van der Waals surface area contributed by atoms with Gasteiger partial charge in [0.25, 0.3) is 0 Å². The Hall–Kier alpha value is -2.09. The summed E-state index contributed by atoms with van der Waals surface area (Å²) < 4.78 is 12.5. The minimum atomic E-state index is -0.753. The molecule has 25 heavy (non-hydrogen) atoms. The van der Waals surface area contributed by atoms with Crippen LogP contribution < -0.4 is 9.47 Å². The van der Waals surface area contributed by atoms with Crippen molar-refractivity contribution in [2.24, 2.45) is 5.16 Å². The fourth-order valence-electron chi connectivity index (χ4n) is 1.74. The van der Waals surface area contributed by atoms with Gasteiger partial charge < -0.3 is 14.3 Å².